The molecule has 5 nitrogen and oxygen atoms in total. The van der Waals surface area contributed by atoms with E-state index in [0.717, 1.165) is 0 Å². The molecule has 0 bridgehead atoms. The second-order valence-electron chi connectivity index (χ2n) is 5.99. The summed E-state index contributed by atoms with van der Waals surface area (Å²) in [5, 5.41) is 3.13. The zero-order valence-corrected chi connectivity index (χ0v) is 18.0. The molecule has 0 unspecified atom stereocenters. The SMILES string of the molecule is COc1cccc(C(=O)Nc2ccc(Br)cc2C(=O)c2ccccc2Cl)c1OC. The van der Waals surface area contributed by atoms with E-state index in [-0.39, 0.29) is 11.3 Å². The summed E-state index contributed by atoms with van der Waals surface area (Å²) in [7, 11) is 2.95. The number of hydrogen-bond donors (Lipinski definition) is 1. The predicted octanol–water partition coefficient (Wildman–Crippen LogP) is 5.60. The lowest BCUT2D eigenvalue weighted by atomic mass is 10.0. The highest BCUT2D eigenvalue weighted by molar-refractivity contribution is 9.10. The van der Waals surface area contributed by atoms with Gasteiger partial charge in [-0.05, 0) is 42.5 Å². The minimum absolute atomic E-state index is 0.283. The fourth-order valence-corrected chi connectivity index (χ4v) is 3.44. The average molecular weight is 475 g/mol. The third kappa shape index (κ3) is 4.44. The van der Waals surface area contributed by atoms with Crippen LogP contribution in [0.1, 0.15) is 26.3 Å². The average Bonchev–Trinajstić information content (AvgIpc) is 2.74. The molecule has 148 valence electrons. The largest absolute Gasteiger partial charge is 0.493 e. The van der Waals surface area contributed by atoms with Crippen molar-refractivity contribution in [3.63, 3.8) is 0 Å². The molecule has 0 aromatic heterocycles. The molecule has 0 saturated heterocycles. The number of methoxy groups -OCH3 is 2. The summed E-state index contributed by atoms with van der Waals surface area (Å²) in [4.78, 5) is 26.0. The van der Waals surface area contributed by atoms with Crippen LogP contribution in [0.3, 0.4) is 0 Å². The fraction of sp³-hybridized carbons (Fsp3) is 0.0909. The van der Waals surface area contributed by atoms with E-state index in [2.05, 4.69) is 21.2 Å². The molecular weight excluding hydrogens is 458 g/mol. The Morgan fingerprint density at radius 2 is 1.62 bits per heavy atom. The monoisotopic (exact) mass is 473 g/mol. The van der Waals surface area contributed by atoms with Gasteiger partial charge >= 0.3 is 0 Å². The molecule has 0 radical (unpaired) electrons. The Kier molecular flexibility index (Phi) is 6.56. The van der Waals surface area contributed by atoms with Gasteiger partial charge in [-0.2, -0.15) is 0 Å². The van der Waals surface area contributed by atoms with Crippen LogP contribution in [0.15, 0.2) is 65.1 Å². The van der Waals surface area contributed by atoms with Gasteiger partial charge in [0.2, 0.25) is 0 Å². The molecule has 29 heavy (non-hydrogen) atoms. The normalized spacial score (nSPS) is 10.3. The van der Waals surface area contributed by atoms with Crippen LogP contribution in [0.5, 0.6) is 11.5 Å². The molecule has 3 rings (SSSR count). The van der Waals surface area contributed by atoms with Gasteiger partial charge in [-0.1, -0.05) is 45.7 Å². The summed E-state index contributed by atoms with van der Waals surface area (Å²) in [5.74, 6) is 0.00741. The van der Waals surface area contributed by atoms with Gasteiger partial charge in [0.25, 0.3) is 5.91 Å². The minimum Gasteiger partial charge on any atom is -0.493 e. The first-order chi connectivity index (χ1) is 14.0. The maximum absolute atomic E-state index is 13.1. The number of anilines is 1. The highest BCUT2D eigenvalue weighted by Gasteiger charge is 2.21. The Hall–Kier alpha value is -2.83. The number of ether oxygens (including phenoxy) is 2. The van der Waals surface area contributed by atoms with Crippen molar-refractivity contribution in [2.45, 2.75) is 0 Å². The Balaban J connectivity index is 2.00. The number of rotatable bonds is 6. The minimum atomic E-state index is -0.434. The first kappa shape index (κ1) is 20.9. The van der Waals surface area contributed by atoms with Gasteiger partial charge < -0.3 is 14.8 Å². The molecule has 0 fully saturated rings. The molecule has 0 spiro atoms. The Labute approximate surface area is 181 Å². The van der Waals surface area contributed by atoms with Gasteiger partial charge in [-0.15, -0.1) is 0 Å². The summed E-state index contributed by atoms with van der Waals surface area (Å²) >= 11 is 9.56. The number of hydrogen-bond acceptors (Lipinski definition) is 4. The van der Waals surface area contributed by atoms with Crippen molar-refractivity contribution in [3.8, 4) is 11.5 Å². The van der Waals surface area contributed by atoms with Crippen molar-refractivity contribution in [2.24, 2.45) is 0 Å². The highest BCUT2D eigenvalue weighted by atomic mass is 79.9. The Bertz CT molecular complexity index is 1080. The first-order valence-electron chi connectivity index (χ1n) is 8.57. The van der Waals surface area contributed by atoms with Crippen molar-refractivity contribution in [1.82, 2.24) is 0 Å². The molecule has 0 saturated carbocycles. The molecule has 0 aliphatic heterocycles. The molecule has 0 aliphatic rings. The number of nitrogens with one attached hydrogen (secondary N) is 1. The summed E-state index contributed by atoms with van der Waals surface area (Å²) in [6.45, 7) is 0. The van der Waals surface area contributed by atoms with E-state index < -0.39 is 5.91 Å². The number of carbonyl (C=O) groups is 2. The zero-order chi connectivity index (χ0) is 21.0. The van der Waals surface area contributed by atoms with Crippen LogP contribution in [-0.2, 0) is 0 Å². The van der Waals surface area contributed by atoms with E-state index >= 15 is 0 Å². The van der Waals surface area contributed by atoms with E-state index in [9.17, 15) is 9.59 Å². The van der Waals surface area contributed by atoms with Crippen molar-refractivity contribution in [2.75, 3.05) is 19.5 Å². The maximum Gasteiger partial charge on any atom is 0.259 e. The standard InChI is InChI=1S/C22H17BrClNO4/c1-28-19-9-5-7-15(21(19)29-2)22(27)25-18-11-10-13(23)12-16(18)20(26)14-6-3-4-8-17(14)24/h3-12H,1-2H3,(H,25,27). The Morgan fingerprint density at radius 3 is 2.31 bits per heavy atom. The van der Waals surface area contributed by atoms with Crippen molar-refractivity contribution < 1.29 is 19.1 Å². The molecular formula is C22H17BrClNO4. The third-order valence-electron chi connectivity index (χ3n) is 4.24. The molecule has 3 aromatic carbocycles. The van der Waals surface area contributed by atoms with Crippen LogP contribution in [0.4, 0.5) is 5.69 Å². The van der Waals surface area contributed by atoms with Gasteiger partial charge in [0, 0.05) is 15.6 Å². The third-order valence-corrected chi connectivity index (χ3v) is 5.06. The predicted molar refractivity (Wildman–Crippen MR) is 117 cm³/mol. The lowest BCUT2D eigenvalue weighted by Gasteiger charge is -2.15. The zero-order valence-electron chi connectivity index (χ0n) is 15.7. The van der Waals surface area contributed by atoms with Gasteiger partial charge in [0.15, 0.2) is 17.3 Å². The van der Waals surface area contributed by atoms with Crippen LogP contribution in [0.2, 0.25) is 5.02 Å². The summed E-state index contributed by atoms with van der Waals surface area (Å²) in [6.07, 6.45) is 0. The number of para-hydroxylation sites is 1. The van der Waals surface area contributed by atoms with E-state index in [1.165, 1.54) is 14.2 Å². The van der Waals surface area contributed by atoms with E-state index in [1.807, 2.05) is 0 Å². The molecule has 0 atom stereocenters. The number of amides is 1. The summed E-state index contributed by atoms with van der Waals surface area (Å²) in [6, 6.07) is 16.8. The van der Waals surface area contributed by atoms with Crippen LogP contribution >= 0.6 is 27.5 Å². The maximum atomic E-state index is 13.1. The van der Waals surface area contributed by atoms with Gasteiger partial charge in [-0.25, -0.2) is 0 Å². The molecule has 3 aromatic rings. The van der Waals surface area contributed by atoms with E-state index in [1.54, 1.807) is 60.7 Å². The van der Waals surface area contributed by atoms with Crippen LogP contribution in [0.25, 0.3) is 0 Å². The number of benzene rings is 3. The van der Waals surface area contributed by atoms with Gasteiger partial charge in [-0.3, -0.25) is 9.59 Å². The number of halogens is 2. The lowest BCUT2D eigenvalue weighted by Crippen LogP contribution is -2.16. The van der Waals surface area contributed by atoms with Crippen molar-refractivity contribution in [1.29, 1.82) is 0 Å². The molecule has 0 heterocycles. The second-order valence-corrected chi connectivity index (χ2v) is 7.32. The van der Waals surface area contributed by atoms with Crippen LogP contribution in [0, 0.1) is 0 Å². The Morgan fingerprint density at radius 1 is 0.897 bits per heavy atom. The molecule has 7 heteroatoms. The van der Waals surface area contributed by atoms with Gasteiger partial charge in [0.05, 0.1) is 30.5 Å². The van der Waals surface area contributed by atoms with E-state index in [4.69, 9.17) is 21.1 Å². The second kappa shape index (κ2) is 9.11. The first-order valence-corrected chi connectivity index (χ1v) is 9.74. The molecule has 0 aliphatic carbocycles. The molecule has 1 N–H and O–H groups in total. The summed E-state index contributed by atoms with van der Waals surface area (Å²) < 4.78 is 11.3. The summed E-state index contributed by atoms with van der Waals surface area (Å²) in [5.41, 5.74) is 1.29. The quantitative estimate of drug-likeness (QED) is 0.472. The van der Waals surface area contributed by atoms with E-state index in [0.29, 0.717) is 37.8 Å². The smallest absolute Gasteiger partial charge is 0.259 e. The van der Waals surface area contributed by atoms with Crippen LogP contribution < -0.4 is 14.8 Å². The number of ketones is 1. The highest BCUT2D eigenvalue weighted by Crippen LogP contribution is 2.32. The topological polar surface area (TPSA) is 64.6 Å². The van der Waals surface area contributed by atoms with Gasteiger partial charge in [0.1, 0.15) is 0 Å². The van der Waals surface area contributed by atoms with Crippen LogP contribution in [-0.4, -0.2) is 25.9 Å². The lowest BCUT2D eigenvalue weighted by molar-refractivity contribution is 0.102. The fourth-order valence-electron chi connectivity index (χ4n) is 2.86. The van der Waals surface area contributed by atoms with Crippen molar-refractivity contribution >= 4 is 44.9 Å². The van der Waals surface area contributed by atoms with Crippen molar-refractivity contribution in [3.05, 3.63) is 86.8 Å². The molecule has 1 amide bonds. The number of carbonyl (C=O) groups excluding carboxylic acids is 2.